The van der Waals surface area contributed by atoms with Gasteiger partial charge in [0, 0.05) is 6.07 Å². The first kappa shape index (κ1) is 18.6. The number of ketones is 1. The first-order valence-electron chi connectivity index (χ1n) is 8.72. The van der Waals surface area contributed by atoms with Crippen molar-refractivity contribution >= 4 is 35.1 Å². The Labute approximate surface area is 173 Å². The fourth-order valence-corrected chi connectivity index (χ4v) is 3.26. The molecule has 3 aromatic rings. The summed E-state index contributed by atoms with van der Waals surface area (Å²) in [5.74, 6) is 1.28. The van der Waals surface area contributed by atoms with Crippen LogP contribution in [0.25, 0.3) is 6.08 Å². The number of benzene rings is 3. The number of allylic oxidation sites excluding steroid dienone is 1. The molecule has 28 heavy (non-hydrogen) atoms. The number of hydrogen-bond acceptors (Lipinski definition) is 3. The highest BCUT2D eigenvalue weighted by Gasteiger charge is 2.27. The van der Waals surface area contributed by atoms with E-state index in [9.17, 15) is 4.79 Å². The van der Waals surface area contributed by atoms with Gasteiger partial charge in [-0.15, -0.1) is 0 Å². The zero-order valence-electron chi connectivity index (χ0n) is 15.0. The third-order valence-corrected chi connectivity index (χ3v) is 5.25. The Morgan fingerprint density at radius 1 is 1.00 bits per heavy atom. The van der Waals surface area contributed by atoms with Gasteiger partial charge in [-0.1, -0.05) is 53.5 Å². The van der Waals surface area contributed by atoms with Crippen molar-refractivity contribution in [3.8, 4) is 11.5 Å². The molecule has 0 fully saturated rings. The molecule has 0 atom stereocenters. The van der Waals surface area contributed by atoms with E-state index in [1.165, 1.54) is 0 Å². The Kier molecular flexibility index (Phi) is 5.12. The van der Waals surface area contributed by atoms with Crippen LogP contribution in [0.1, 0.15) is 27.0 Å². The molecule has 0 spiro atoms. The fraction of sp³-hybridized carbons (Fsp3) is 0.0870. The lowest BCUT2D eigenvalue weighted by atomic mass is 10.1. The smallest absolute Gasteiger partial charge is 0.231 e. The van der Waals surface area contributed by atoms with Crippen molar-refractivity contribution in [3.63, 3.8) is 0 Å². The largest absolute Gasteiger partial charge is 0.489 e. The Bertz CT molecular complexity index is 1100. The highest BCUT2D eigenvalue weighted by atomic mass is 35.5. The van der Waals surface area contributed by atoms with Gasteiger partial charge in [0.1, 0.15) is 18.1 Å². The van der Waals surface area contributed by atoms with Crippen LogP contribution in [-0.2, 0) is 6.61 Å². The Balaban J connectivity index is 1.52. The average Bonchev–Trinajstić information content (AvgIpc) is 2.99. The van der Waals surface area contributed by atoms with Crippen LogP contribution in [0, 0.1) is 6.92 Å². The van der Waals surface area contributed by atoms with Crippen molar-refractivity contribution < 1.29 is 14.3 Å². The molecule has 3 nitrogen and oxygen atoms in total. The molecule has 0 bridgehead atoms. The summed E-state index contributed by atoms with van der Waals surface area (Å²) in [4.78, 5) is 12.6. The van der Waals surface area contributed by atoms with E-state index in [1.54, 1.807) is 36.4 Å². The SMILES string of the molecule is Cc1ccccc1C=C1Oc2cc(OCc3ccc(Cl)c(Cl)c3)ccc2C1=O. The summed E-state index contributed by atoms with van der Waals surface area (Å²) in [5, 5.41) is 0.986. The molecule has 0 aliphatic carbocycles. The van der Waals surface area contributed by atoms with Crippen LogP contribution in [0.5, 0.6) is 11.5 Å². The molecule has 0 amide bonds. The van der Waals surface area contributed by atoms with Crippen molar-refractivity contribution in [2.75, 3.05) is 0 Å². The maximum Gasteiger partial charge on any atom is 0.231 e. The standard InChI is InChI=1S/C23H16Cl2O3/c1-14-4-2-3-5-16(14)11-22-23(26)18-8-7-17(12-21(18)28-22)27-13-15-6-9-19(24)20(25)10-15/h2-12H,13H2,1H3. The molecule has 4 rings (SSSR count). The van der Waals surface area contributed by atoms with Crippen molar-refractivity contribution in [3.05, 3.63) is 98.7 Å². The minimum absolute atomic E-state index is 0.130. The van der Waals surface area contributed by atoms with Crippen LogP contribution >= 0.6 is 23.2 Å². The zero-order valence-corrected chi connectivity index (χ0v) is 16.6. The molecule has 0 unspecified atom stereocenters. The fourth-order valence-electron chi connectivity index (χ4n) is 2.94. The van der Waals surface area contributed by atoms with E-state index in [2.05, 4.69) is 0 Å². The minimum atomic E-state index is -0.130. The number of ether oxygens (including phenoxy) is 2. The molecule has 1 aliphatic heterocycles. The summed E-state index contributed by atoms with van der Waals surface area (Å²) >= 11 is 12.0. The monoisotopic (exact) mass is 410 g/mol. The van der Waals surface area contributed by atoms with Gasteiger partial charge in [0.25, 0.3) is 0 Å². The molecule has 140 valence electrons. The van der Waals surface area contributed by atoms with E-state index in [1.807, 2.05) is 37.3 Å². The van der Waals surface area contributed by atoms with Gasteiger partial charge in [-0.2, -0.15) is 0 Å². The quantitative estimate of drug-likeness (QED) is 0.460. The van der Waals surface area contributed by atoms with Gasteiger partial charge in [-0.3, -0.25) is 4.79 Å². The third kappa shape index (κ3) is 3.77. The minimum Gasteiger partial charge on any atom is -0.489 e. The normalized spacial score (nSPS) is 14.1. The maximum absolute atomic E-state index is 12.6. The number of rotatable bonds is 4. The lowest BCUT2D eigenvalue weighted by Gasteiger charge is -2.08. The number of carbonyl (C=O) groups is 1. The molecule has 0 saturated carbocycles. The first-order valence-corrected chi connectivity index (χ1v) is 9.47. The number of halogens is 2. The second-order valence-electron chi connectivity index (χ2n) is 6.49. The molecular formula is C23H16Cl2O3. The predicted molar refractivity (Wildman–Crippen MR) is 111 cm³/mol. The van der Waals surface area contributed by atoms with E-state index in [0.717, 1.165) is 16.7 Å². The summed E-state index contributed by atoms with van der Waals surface area (Å²) in [6.45, 7) is 2.32. The maximum atomic E-state index is 12.6. The second-order valence-corrected chi connectivity index (χ2v) is 7.31. The summed E-state index contributed by atoms with van der Waals surface area (Å²) in [6.07, 6.45) is 1.77. The number of carbonyl (C=O) groups excluding carboxylic acids is 1. The number of Topliss-reactive ketones (excluding diaryl/α,β-unsaturated/α-hetero) is 1. The summed E-state index contributed by atoms with van der Waals surface area (Å²) < 4.78 is 11.6. The number of fused-ring (bicyclic) bond motifs is 1. The van der Waals surface area contributed by atoms with Gasteiger partial charge in [0.15, 0.2) is 5.76 Å². The predicted octanol–water partition coefficient (Wildman–Crippen LogP) is 6.50. The van der Waals surface area contributed by atoms with Crippen LogP contribution in [0.15, 0.2) is 66.4 Å². The average molecular weight is 411 g/mol. The van der Waals surface area contributed by atoms with Crippen LogP contribution in [0.3, 0.4) is 0 Å². The van der Waals surface area contributed by atoms with E-state index in [0.29, 0.717) is 39.5 Å². The lowest BCUT2D eigenvalue weighted by molar-refractivity contribution is 0.101. The molecule has 3 aromatic carbocycles. The molecule has 5 heteroatoms. The van der Waals surface area contributed by atoms with E-state index < -0.39 is 0 Å². The van der Waals surface area contributed by atoms with Crippen molar-refractivity contribution in [1.82, 2.24) is 0 Å². The topological polar surface area (TPSA) is 35.5 Å². The molecule has 0 N–H and O–H groups in total. The molecule has 1 aliphatic rings. The van der Waals surface area contributed by atoms with Crippen molar-refractivity contribution in [2.45, 2.75) is 13.5 Å². The van der Waals surface area contributed by atoms with Gasteiger partial charge in [-0.25, -0.2) is 0 Å². The number of hydrogen-bond donors (Lipinski definition) is 0. The van der Waals surface area contributed by atoms with Crippen LogP contribution in [0.4, 0.5) is 0 Å². The van der Waals surface area contributed by atoms with Crippen molar-refractivity contribution in [2.24, 2.45) is 0 Å². The second kappa shape index (κ2) is 7.70. The summed E-state index contributed by atoms with van der Waals surface area (Å²) in [6, 6.07) is 18.4. The Hall–Kier alpha value is -2.75. The molecule has 1 heterocycles. The highest BCUT2D eigenvalue weighted by Crippen LogP contribution is 2.35. The van der Waals surface area contributed by atoms with Crippen molar-refractivity contribution in [1.29, 1.82) is 0 Å². The van der Waals surface area contributed by atoms with Gasteiger partial charge < -0.3 is 9.47 Å². The lowest BCUT2D eigenvalue weighted by Crippen LogP contribution is -1.98. The zero-order chi connectivity index (χ0) is 19.7. The van der Waals surface area contributed by atoms with Gasteiger partial charge in [-0.05, 0) is 54.0 Å². The number of aryl methyl sites for hydroxylation is 1. The van der Waals surface area contributed by atoms with Gasteiger partial charge in [0.05, 0.1) is 15.6 Å². The molecule has 0 aromatic heterocycles. The first-order chi connectivity index (χ1) is 13.5. The highest BCUT2D eigenvalue weighted by molar-refractivity contribution is 6.42. The molecule has 0 radical (unpaired) electrons. The van der Waals surface area contributed by atoms with Gasteiger partial charge >= 0.3 is 0 Å². The van der Waals surface area contributed by atoms with Crippen LogP contribution in [-0.4, -0.2) is 5.78 Å². The van der Waals surface area contributed by atoms with E-state index in [4.69, 9.17) is 32.7 Å². The Morgan fingerprint density at radius 2 is 1.82 bits per heavy atom. The van der Waals surface area contributed by atoms with Crippen LogP contribution in [0.2, 0.25) is 10.0 Å². The molecule has 0 saturated heterocycles. The summed E-state index contributed by atoms with van der Waals surface area (Å²) in [7, 11) is 0. The van der Waals surface area contributed by atoms with Crippen LogP contribution < -0.4 is 9.47 Å². The van der Waals surface area contributed by atoms with Gasteiger partial charge in [0.2, 0.25) is 5.78 Å². The molecular weight excluding hydrogens is 395 g/mol. The Morgan fingerprint density at radius 3 is 2.61 bits per heavy atom. The van der Waals surface area contributed by atoms with E-state index in [-0.39, 0.29) is 5.78 Å². The summed E-state index contributed by atoms with van der Waals surface area (Å²) in [5.41, 5.74) is 3.46. The third-order valence-electron chi connectivity index (χ3n) is 4.51. The van der Waals surface area contributed by atoms with E-state index >= 15 is 0 Å².